The van der Waals surface area contributed by atoms with Gasteiger partial charge in [-0.15, -0.1) is 0 Å². The summed E-state index contributed by atoms with van der Waals surface area (Å²) in [4.78, 5) is 13.4. The highest BCUT2D eigenvalue weighted by Gasteiger charge is 2.08. The molecule has 0 fully saturated rings. The predicted octanol–water partition coefficient (Wildman–Crippen LogP) is 5.05. The van der Waals surface area contributed by atoms with Crippen molar-refractivity contribution in [3.05, 3.63) is 65.7 Å². The maximum absolute atomic E-state index is 4.51. The van der Waals surface area contributed by atoms with Crippen molar-refractivity contribution in [3.63, 3.8) is 0 Å². The molecule has 1 heterocycles. The Hall–Kier alpha value is -3.41. The summed E-state index contributed by atoms with van der Waals surface area (Å²) in [7, 11) is 0. The summed E-state index contributed by atoms with van der Waals surface area (Å²) in [5.41, 5.74) is 5.23. The van der Waals surface area contributed by atoms with Crippen LogP contribution in [0.3, 0.4) is 0 Å². The molecule has 0 aliphatic rings. The number of hydrogen-bond donors (Lipinski definition) is 3. The van der Waals surface area contributed by atoms with E-state index in [1.54, 1.807) is 0 Å². The molecule has 0 atom stereocenters. The van der Waals surface area contributed by atoms with Gasteiger partial charge in [0.2, 0.25) is 17.8 Å². The summed E-state index contributed by atoms with van der Waals surface area (Å²) >= 11 is 0. The van der Waals surface area contributed by atoms with Crippen molar-refractivity contribution < 1.29 is 0 Å². The van der Waals surface area contributed by atoms with Crippen molar-refractivity contribution in [1.29, 1.82) is 0 Å². The van der Waals surface area contributed by atoms with E-state index in [1.165, 1.54) is 0 Å². The summed E-state index contributed by atoms with van der Waals surface area (Å²) in [6, 6.07) is 14.1. The number of rotatable bonds is 7. The fourth-order valence-electron chi connectivity index (χ4n) is 2.67. The second-order valence-corrected chi connectivity index (χ2v) is 6.18. The van der Waals surface area contributed by atoms with Gasteiger partial charge in [0.05, 0.1) is 0 Å². The van der Waals surface area contributed by atoms with Gasteiger partial charge in [-0.1, -0.05) is 36.9 Å². The molecule has 3 aromatic rings. The number of nitrogens with zero attached hydrogens (tertiary/aromatic N) is 3. The molecule has 2 aromatic carbocycles. The average Bonchev–Trinajstić information content (AvgIpc) is 2.64. The van der Waals surface area contributed by atoms with Crippen LogP contribution in [0, 0.1) is 13.8 Å². The highest BCUT2D eigenvalue weighted by Crippen LogP contribution is 2.22. The van der Waals surface area contributed by atoms with E-state index in [4.69, 9.17) is 0 Å². The molecule has 0 unspecified atom stereocenters. The van der Waals surface area contributed by atoms with Crippen LogP contribution in [0.5, 0.6) is 0 Å². The molecular weight excluding hydrogens is 336 g/mol. The van der Waals surface area contributed by atoms with Gasteiger partial charge in [0, 0.05) is 17.9 Å². The van der Waals surface area contributed by atoms with E-state index >= 15 is 0 Å². The Morgan fingerprint density at radius 1 is 0.889 bits per heavy atom. The lowest BCUT2D eigenvalue weighted by Crippen LogP contribution is -2.09. The third kappa shape index (κ3) is 4.61. The first-order valence-electron chi connectivity index (χ1n) is 8.91. The molecule has 3 N–H and O–H groups in total. The molecule has 0 spiro atoms. The minimum Gasteiger partial charge on any atom is -0.354 e. The van der Waals surface area contributed by atoms with Gasteiger partial charge in [0.25, 0.3) is 0 Å². The molecule has 0 aliphatic heterocycles. The quantitative estimate of drug-likeness (QED) is 0.547. The molecule has 1 aromatic heterocycles. The van der Waals surface area contributed by atoms with Crippen LogP contribution in [-0.4, -0.2) is 21.5 Å². The number of aryl methyl sites for hydroxylation is 2. The average molecular weight is 360 g/mol. The van der Waals surface area contributed by atoms with Crippen molar-refractivity contribution in [1.82, 2.24) is 15.0 Å². The summed E-state index contributed by atoms with van der Waals surface area (Å²) in [6.45, 7) is 10.6. The van der Waals surface area contributed by atoms with Gasteiger partial charge in [0.15, 0.2) is 0 Å². The number of benzene rings is 2. The highest BCUT2D eigenvalue weighted by molar-refractivity contribution is 5.64. The van der Waals surface area contributed by atoms with Crippen LogP contribution in [0.25, 0.3) is 6.08 Å². The van der Waals surface area contributed by atoms with Crippen molar-refractivity contribution in [3.8, 4) is 0 Å². The fourth-order valence-corrected chi connectivity index (χ4v) is 2.67. The molecule has 0 bridgehead atoms. The smallest absolute Gasteiger partial charge is 0.233 e. The Balaban J connectivity index is 1.90. The van der Waals surface area contributed by atoms with E-state index < -0.39 is 0 Å². The number of aromatic nitrogens is 3. The van der Waals surface area contributed by atoms with Gasteiger partial charge in [-0.05, 0) is 55.7 Å². The van der Waals surface area contributed by atoms with E-state index in [1.807, 2.05) is 69.3 Å². The lowest BCUT2D eigenvalue weighted by molar-refractivity contribution is 1.03. The maximum atomic E-state index is 4.51. The standard InChI is InChI=1S/C21H24N6/c1-5-16-11-12-17(13-15(16)4)23-20-25-19(22-6-2)26-21(27-20)24-18-10-8-7-9-14(18)3/h5,7-13H,1,6H2,2-4H3,(H3,22,23,24,25,26,27). The summed E-state index contributed by atoms with van der Waals surface area (Å²) < 4.78 is 0. The first kappa shape index (κ1) is 18.4. The Labute approximate surface area is 159 Å². The van der Waals surface area contributed by atoms with E-state index in [-0.39, 0.29) is 0 Å². The van der Waals surface area contributed by atoms with Gasteiger partial charge < -0.3 is 16.0 Å². The van der Waals surface area contributed by atoms with Gasteiger partial charge in [0.1, 0.15) is 0 Å². The lowest BCUT2D eigenvalue weighted by Gasteiger charge is -2.12. The zero-order chi connectivity index (χ0) is 19.2. The zero-order valence-corrected chi connectivity index (χ0v) is 15.9. The van der Waals surface area contributed by atoms with Crippen LogP contribution in [0.2, 0.25) is 0 Å². The minimum atomic E-state index is 0.475. The molecule has 3 rings (SSSR count). The Kier molecular flexibility index (Phi) is 5.66. The molecule has 0 saturated heterocycles. The largest absolute Gasteiger partial charge is 0.354 e. The van der Waals surface area contributed by atoms with Crippen LogP contribution in [0.1, 0.15) is 23.6 Å². The van der Waals surface area contributed by atoms with Crippen molar-refractivity contribution in [2.24, 2.45) is 0 Å². The molecule has 0 saturated carbocycles. The summed E-state index contributed by atoms with van der Waals surface area (Å²) in [6.07, 6.45) is 1.84. The Bertz CT molecular complexity index is 951. The molecular formula is C21H24N6. The first-order valence-corrected chi connectivity index (χ1v) is 8.91. The second-order valence-electron chi connectivity index (χ2n) is 6.18. The van der Waals surface area contributed by atoms with Crippen LogP contribution in [0.4, 0.5) is 29.2 Å². The molecule has 6 heteroatoms. The molecule has 138 valence electrons. The second kappa shape index (κ2) is 8.31. The topological polar surface area (TPSA) is 74.8 Å². The number of nitrogens with one attached hydrogen (secondary N) is 3. The fraction of sp³-hybridized carbons (Fsp3) is 0.190. The van der Waals surface area contributed by atoms with Crippen molar-refractivity contribution >= 4 is 35.3 Å². The third-order valence-corrected chi connectivity index (χ3v) is 4.11. The first-order chi connectivity index (χ1) is 13.1. The van der Waals surface area contributed by atoms with Crippen molar-refractivity contribution in [2.45, 2.75) is 20.8 Å². The number of hydrogen-bond acceptors (Lipinski definition) is 6. The predicted molar refractivity (Wildman–Crippen MR) is 113 cm³/mol. The summed E-state index contributed by atoms with van der Waals surface area (Å²) in [5, 5.41) is 9.68. The molecule has 27 heavy (non-hydrogen) atoms. The zero-order valence-electron chi connectivity index (χ0n) is 15.9. The maximum Gasteiger partial charge on any atom is 0.233 e. The van der Waals surface area contributed by atoms with E-state index in [0.717, 1.165) is 34.6 Å². The molecule has 0 radical (unpaired) electrons. The molecule has 0 aliphatic carbocycles. The SMILES string of the molecule is C=Cc1ccc(Nc2nc(NCC)nc(Nc3ccccc3C)n2)cc1C. The van der Waals surface area contributed by atoms with Crippen LogP contribution >= 0.6 is 0 Å². The van der Waals surface area contributed by atoms with Gasteiger partial charge in [-0.2, -0.15) is 15.0 Å². The summed E-state index contributed by atoms with van der Waals surface area (Å²) in [5.74, 6) is 1.48. The van der Waals surface area contributed by atoms with E-state index in [9.17, 15) is 0 Å². The van der Waals surface area contributed by atoms with Crippen LogP contribution in [-0.2, 0) is 0 Å². The van der Waals surface area contributed by atoms with Crippen molar-refractivity contribution in [2.75, 3.05) is 22.5 Å². The lowest BCUT2D eigenvalue weighted by atomic mass is 10.1. The van der Waals surface area contributed by atoms with Gasteiger partial charge in [-0.25, -0.2) is 0 Å². The van der Waals surface area contributed by atoms with Crippen LogP contribution < -0.4 is 16.0 Å². The molecule has 0 amide bonds. The minimum absolute atomic E-state index is 0.475. The third-order valence-electron chi connectivity index (χ3n) is 4.11. The van der Waals surface area contributed by atoms with E-state index in [0.29, 0.717) is 17.8 Å². The monoisotopic (exact) mass is 360 g/mol. The van der Waals surface area contributed by atoms with Gasteiger partial charge >= 0.3 is 0 Å². The van der Waals surface area contributed by atoms with E-state index in [2.05, 4.69) is 37.5 Å². The van der Waals surface area contributed by atoms with Gasteiger partial charge in [-0.3, -0.25) is 0 Å². The number of anilines is 5. The normalized spacial score (nSPS) is 10.3. The number of para-hydroxylation sites is 1. The Morgan fingerprint density at radius 3 is 2.26 bits per heavy atom. The highest BCUT2D eigenvalue weighted by atomic mass is 15.3. The Morgan fingerprint density at radius 2 is 1.59 bits per heavy atom. The molecule has 6 nitrogen and oxygen atoms in total. The van der Waals surface area contributed by atoms with Crippen LogP contribution in [0.15, 0.2) is 49.0 Å².